The third kappa shape index (κ3) is 4.58. The van der Waals surface area contributed by atoms with Crippen LogP contribution >= 0.6 is 11.6 Å². The fourth-order valence-electron chi connectivity index (χ4n) is 4.58. The Morgan fingerprint density at radius 1 is 1.21 bits per heavy atom. The van der Waals surface area contributed by atoms with Crippen molar-refractivity contribution < 1.29 is 9.35 Å². The van der Waals surface area contributed by atoms with E-state index in [9.17, 15) is 9.35 Å². The highest BCUT2D eigenvalue weighted by molar-refractivity contribution is 7.91. The lowest BCUT2D eigenvalue weighted by atomic mass is 10.0. The monoisotopic (exact) mass is 488 g/mol. The maximum Gasteiger partial charge on any atom is 0.263 e. The Hall–Kier alpha value is -2.60. The minimum atomic E-state index is -0.661. The molecule has 0 spiro atoms. The molecule has 0 aromatic carbocycles. The van der Waals surface area contributed by atoms with Crippen LogP contribution in [0.5, 0.6) is 0 Å². The summed E-state index contributed by atoms with van der Waals surface area (Å²) in [4.78, 5) is 26.3. The summed E-state index contributed by atoms with van der Waals surface area (Å²) in [7, 11) is 0. The summed E-state index contributed by atoms with van der Waals surface area (Å²) in [5.74, 6) is 1.22. The highest BCUT2D eigenvalue weighted by Crippen LogP contribution is 2.30. The Morgan fingerprint density at radius 2 is 1.97 bits per heavy atom. The lowest BCUT2D eigenvalue weighted by molar-refractivity contribution is 0.102. The van der Waals surface area contributed by atoms with Crippen molar-refractivity contribution in [3.63, 3.8) is 0 Å². The lowest BCUT2D eigenvalue weighted by Crippen LogP contribution is -2.50. The smallest absolute Gasteiger partial charge is 0.263 e. The van der Waals surface area contributed by atoms with Crippen molar-refractivity contribution in [1.82, 2.24) is 24.5 Å². The first-order valence-electron chi connectivity index (χ1n) is 10.9. The molecule has 2 aliphatic heterocycles. The van der Waals surface area contributed by atoms with Crippen LogP contribution in [0, 0.1) is 0 Å². The zero-order chi connectivity index (χ0) is 22.9. The average molecular weight is 489 g/mol. The Bertz CT molecular complexity index is 1160. The van der Waals surface area contributed by atoms with Crippen molar-refractivity contribution in [3.05, 3.63) is 41.4 Å². The van der Waals surface area contributed by atoms with Crippen LogP contribution in [0.4, 0.5) is 17.2 Å². The van der Waals surface area contributed by atoms with Crippen LogP contribution in [-0.4, -0.2) is 78.7 Å². The molecule has 0 bridgehead atoms. The number of anilines is 3. The van der Waals surface area contributed by atoms with E-state index >= 15 is 0 Å². The van der Waals surface area contributed by atoms with Gasteiger partial charge < -0.3 is 20.5 Å². The number of amides is 1. The second-order valence-corrected chi connectivity index (χ2v) is 10.4. The van der Waals surface area contributed by atoms with E-state index in [1.54, 1.807) is 18.6 Å². The van der Waals surface area contributed by atoms with Gasteiger partial charge >= 0.3 is 0 Å². The van der Waals surface area contributed by atoms with E-state index in [-0.39, 0.29) is 11.4 Å². The predicted octanol–water partition coefficient (Wildman–Crippen LogP) is 1.65. The molecule has 3 N–H and O–H groups in total. The summed E-state index contributed by atoms with van der Waals surface area (Å²) in [6.45, 7) is 3.56. The topological polar surface area (TPSA) is 128 Å². The van der Waals surface area contributed by atoms with Crippen LogP contribution < -0.4 is 16.0 Å². The van der Waals surface area contributed by atoms with Gasteiger partial charge in [-0.05, 0) is 18.9 Å². The van der Waals surface area contributed by atoms with E-state index in [1.807, 2.05) is 6.07 Å². The fourth-order valence-corrected chi connectivity index (χ4v) is 5.80. The molecule has 0 unspecified atom stereocenters. The molecule has 12 heteroatoms. The first kappa shape index (κ1) is 22.2. The number of carbonyl (C=O) groups is 1. The van der Waals surface area contributed by atoms with Crippen molar-refractivity contribution in [2.75, 3.05) is 53.6 Å². The van der Waals surface area contributed by atoms with Crippen LogP contribution in [0.1, 0.15) is 23.2 Å². The predicted molar refractivity (Wildman–Crippen MR) is 129 cm³/mol. The van der Waals surface area contributed by atoms with Crippen LogP contribution in [0.3, 0.4) is 0 Å². The summed E-state index contributed by atoms with van der Waals surface area (Å²) in [6.07, 6.45) is 8.42. The molecule has 2 saturated heterocycles. The van der Waals surface area contributed by atoms with Gasteiger partial charge in [0.1, 0.15) is 17.1 Å². The number of hydrogen-bond acceptors (Lipinski definition) is 8. The Kier molecular flexibility index (Phi) is 6.28. The van der Waals surface area contributed by atoms with Gasteiger partial charge in [0.15, 0.2) is 11.5 Å². The SMILES string of the molecule is Nc1nn2cc(Cl)cnc2c1C(=O)Nc1cnccc1N1CCC(N2CC[S+]([O-])CC2)CC1. The number of fused-ring (bicyclic) bond motifs is 1. The number of hydrogen-bond donors (Lipinski definition) is 2. The minimum absolute atomic E-state index is 0.0796. The van der Waals surface area contributed by atoms with Crippen molar-refractivity contribution in [2.45, 2.75) is 18.9 Å². The van der Waals surface area contributed by atoms with Crippen LogP contribution in [0.25, 0.3) is 5.65 Å². The Balaban J connectivity index is 1.30. The molecular weight excluding hydrogens is 464 g/mol. The molecule has 10 nitrogen and oxygen atoms in total. The molecule has 3 aromatic rings. The third-order valence-corrected chi connectivity index (χ3v) is 7.75. The van der Waals surface area contributed by atoms with Gasteiger partial charge in [-0.25, -0.2) is 9.50 Å². The van der Waals surface area contributed by atoms with Gasteiger partial charge in [0.05, 0.1) is 28.8 Å². The number of nitrogens with zero attached hydrogens (tertiary/aromatic N) is 6. The molecule has 3 aromatic heterocycles. The minimum Gasteiger partial charge on any atom is -0.616 e. The Labute approximate surface area is 199 Å². The third-order valence-electron chi connectivity index (χ3n) is 6.28. The standard InChI is InChI=1S/C21H25ClN8O2S/c22-14-11-25-20-18(19(23)27-30(20)13-14)21(31)26-16-12-24-4-1-17(16)29-5-2-15(3-6-29)28-7-9-33(32)10-8-28/h1,4,11-13,15H,2-3,5-10H2,(H2,23,27)(H,26,31). The number of pyridine rings is 1. The van der Waals surface area contributed by atoms with Gasteiger partial charge in [-0.15, -0.1) is 5.10 Å². The maximum atomic E-state index is 13.1. The number of piperidine rings is 1. The lowest BCUT2D eigenvalue weighted by Gasteiger charge is -2.41. The second-order valence-electron chi connectivity index (χ2n) is 8.25. The molecule has 5 heterocycles. The number of carbonyl (C=O) groups excluding carboxylic acids is 1. The van der Waals surface area contributed by atoms with Crippen molar-refractivity contribution in [1.29, 1.82) is 0 Å². The van der Waals surface area contributed by atoms with E-state index in [1.165, 1.54) is 10.7 Å². The average Bonchev–Trinajstić information content (AvgIpc) is 3.15. The van der Waals surface area contributed by atoms with Crippen molar-refractivity contribution in [3.8, 4) is 0 Å². The normalized spacial score (nSPS) is 18.7. The molecule has 174 valence electrons. The fraction of sp³-hybridized carbons (Fsp3) is 0.429. The van der Waals surface area contributed by atoms with Gasteiger partial charge in [-0.2, -0.15) is 0 Å². The molecule has 1 amide bonds. The van der Waals surface area contributed by atoms with Gasteiger partial charge in [-0.1, -0.05) is 22.8 Å². The summed E-state index contributed by atoms with van der Waals surface area (Å²) in [5, 5.41) is 7.48. The summed E-state index contributed by atoms with van der Waals surface area (Å²) in [6, 6.07) is 2.42. The highest BCUT2D eigenvalue weighted by Gasteiger charge is 2.30. The molecule has 0 atom stereocenters. The van der Waals surface area contributed by atoms with E-state index in [4.69, 9.17) is 17.3 Å². The van der Waals surface area contributed by atoms with Gasteiger partial charge in [-0.3, -0.25) is 14.7 Å². The zero-order valence-electron chi connectivity index (χ0n) is 18.0. The molecule has 0 aliphatic carbocycles. The Morgan fingerprint density at radius 3 is 2.73 bits per heavy atom. The quantitative estimate of drug-likeness (QED) is 0.530. The maximum absolute atomic E-state index is 13.1. The number of aromatic nitrogens is 4. The molecule has 0 saturated carbocycles. The second kappa shape index (κ2) is 9.34. The number of nitrogens with one attached hydrogen (secondary N) is 1. The number of nitrogens with two attached hydrogens (primary N) is 1. The van der Waals surface area contributed by atoms with Gasteiger partial charge in [0.2, 0.25) is 0 Å². The van der Waals surface area contributed by atoms with Crippen LogP contribution in [0.15, 0.2) is 30.9 Å². The van der Waals surface area contributed by atoms with Gasteiger partial charge in [0, 0.05) is 44.6 Å². The highest BCUT2D eigenvalue weighted by atomic mass is 35.5. The molecule has 2 fully saturated rings. The number of nitrogen functional groups attached to an aromatic ring is 1. The summed E-state index contributed by atoms with van der Waals surface area (Å²) >= 11 is 5.31. The molecule has 5 rings (SSSR count). The molecule has 33 heavy (non-hydrogen) atoms. The number of halogens is 1. The van der Waals surface area contributed by atoms with E-state index in [0.29, 0.717) is 22.4 Å². The van der Waals surface area contributed by atoms with Crippen LogP contribution in [-0.2, 0) is 11.2 Å². The zero-order valence-corrected chi connectivity index (χ0v) is 19.6. The van der Waals surface area contributed by atoms with Gasteiger partial charge in [0.25, 0.3) is 5.91 Å². The molecule has 0 radical (unpaired) electrons. The van der Waals surface area contributed by atoms with E-state index in [2.05, 4.69) is 30.2 Å². The summed E-state index contributed by atoms with van der Waals surface area (Å²) in [5.41, 5.74) is 8.07. The van der Waals surface area contributed by atoms with Crippen molar-refractivity contribution >= 4 is 51.5 Å². The largest absolute Gasteiger partial charge is 0.616 e. The first-order valence-corrected chi connectivity index (χ1v) is 12.7. The number of rotatable bonds is 4. The molecular formula is C21H25ClN8O2S. The van der Waals surface area contributed by atoms with E-state index in [0.717, 1.165) is 56.2 Å². The van der Waals surface area contributed by atoms with Crippen LogP contribution in [0.2, 0.25) is 5.02 Å². The summed E-state index contributed by atoms with van der Waals surface area (Å²) < 4.78 is 13.1. The van der Waals surface area contributed by atoms with E-state index < -0.39 is 17.1 Å². The molecule has 2 aliphatic rings. The first-order chi connectivity index (χ1) is 16.0. The van der Waals surface area contributed by atoms with Crippen molar-refractivity contribution in [2.24, 2.45) is 0 Å².